The Bertz CT molecular complexity index is 428. The molecule has 0 aliphatic rings. The predicted octanol–water partition coefficient (Wildman–Crippen LogP) is 1.55. The third kappa shape index (κ3) is 4.56. The van der Waals surface area contributed by atoms with Gasteiger partial charge in [0, 0.05) is 11.8 Å². The first-order chi connectivity index (χ1) is 8.17. The van der Waals surface area contributed by atoms with Gasteiger partial charge in [-0.25, -0.2) is 9.97 Å². The SMILES string of the molecule is Cc1cc(N(CC(=O)O)CC(F)(F)F)nc(C)n1. The topological polar surface area (TPSA) is 66.3 Å². The van der Waals surface area contributed by atoms with Crippen molar-refractivity contribution in [2.24, 2.45) is 0 Å². The molecule has 0 amide bonds. The summed E-state index contributed by atoms with van der Waals surface area (Å²) >= 11 is 0. The van der Waals surface area contributed by atoms with E-state index >= 15 is 0 Å². The van der Waals surface area contributed by atoms with Gasteiger partial charge in [0.2, 0.25) is 0 Å². The highest BCUT2D eigenvalue weighted by molar-refractivity contribution is 5.73. The van der Waals surface area contributed by atoms with E-state index in [0.717, 1.165) is 0 Å². The Morgan fingerprint density at radius 2 is 2.00 bits per heavy atom. The van der Waals surface area contributed by atoms with Gasteiger partial charge < -0.3 is 10.0 Å². The lowest BCUT2D eigenvalue weighted by atomic mass is 10.3. The van der Waals surface area contributed by atoms with Gasteiger partial charge in [-0.05, 0) is 13.8 Å². The minimum Gasteiger partial charge on any atom is -0.480 e. The van der Waals surface area contributed by atoms with Crippen LogP contribution in [0.1, 0.15) is 11.5 Å². The second kappa shape index (κ2) is 5.19. The number of aliphatic carboxylic acids is 1. The number of anilines is 1. The van der Waals surface area contributed by atoms with Crippen LogP contribution in [-0.2, 0) is 4.79 Å². The van der Waals surface area contributed by atoms with Crippen molar-refractivity contribution in [2.75, 3.05) is 18.0 Å². The molecule has 1 rings (SSSR count). The molecule has 8 heteroatoms. The van der Waals surface area contributed by atoms with Crippen molar-refractivity contribution in [1.82, 2.24) is 9.97 Å². The van der Waals surface area contributed by atoms with Gasteiger partial charge in [-0.2, -0.15) is 13.2 Å². The van der Waals surface area contributed by atoms with Crippen molar-refractivity contribution in [1.29, 1.82) is 0 Å². The summed E-state index contributed by atoms with van der Waals surface area (Å²) in [6.45, 7) is 0.998. The van der Waals surface area contributed by atoms with Crippen molar-refractivity contribution in [3.8, 4) is 0 Å². The number of hydrogen-bond donors (Lipinski definition) is 1. The van der Waals surface area contributed by atoms with E-state index in [1.165, 1.54) is 13.0 Å². The van der Waals surface area contributed by atoms with Crippen LogP contribution in [-0.4, -0.2) is 40.3 Å². The van der Waals surface area contributed by atoms with Gasteiger partial charge >= 0.3 is 12.1 Å². The number of rotatable bonds is 4. The first-order valence-corrected chi connectivity index (χ1v) is 5.03. The van der Waals surface area contributed by atoms with Crippen LogP contribution in [0.5, 0.6) is 0 Å². The minimum atomic E-state index is -4.50. The third-order valence-electron chi connectivity index (χ3n) is 1.97. The molecule has 0 aliphatic heterocycles. The Kier molecular flexibility index (Phi) is 4.10. The van der Waals surface area contributed by atoms with Crippen LogP contribution in [0.2, 0.25) is 0 Å². The molecule has 0 fully saturated rings. The number of carboxylic acids is 1. The molecule has 5 nitrogen and oxygen atoms in total. The number of hydrogen-bond acceptors (Lipinski definition) is 4. The number of halogens is 3. The predicted molar refractivity (Wildman–Crippen MR) is 57.4 cm³/mol. The molecule has 18 heavy (non-hydrogen) atoms. The zero-order valence-corrected chi connectivity index (χ0v) is 9.82. The van der Waals surface area contributed by atoms with Gasteiger partial charge in [0.1, 0.15) is 24.7 Å². The molecule has 0 atom stereocenters. The van der Waals surface area contributed by atoms with Gasteiger partial charge in [-0.15, -0.1) is 0 Å². The highest BCUT2D eigenvalue weighted by Gasteiger charge is 2.32. The van der Waals surface area contributed by atoms with Crippen LogP contribution in [0.4, 0.5) is 19.0 Å². The van der Waals surface area contributed by atoms with Crippen LogP contribution in [0.25, 0.3) is 0 Å². The van der Waals surface area contributed by atoms with E-state index in [9.17, 15) is 18.0 Å². The summed E-state index contributed by atoms with van der Waals surface area (Å²) in [5.41, 5.74) is 0.482. The molecule has 100 valence electrons. The fourth-order valence-corrected chi connectivity index (χ4v) is 1.46. The summed E-state index contributed by atoms with van der Waals surface area (Å²) in [5.74, 6) is -1.10. The van der Waals surface area contributed by atoms with E-state index in [2.05, 4.69) is 9.97 Å². The zero-order valence-electron chi connectivity index (χ0n) is 9.82. The Hall–Kier alpha value is -1.86. The van der Waals surface area contributed by atoms with Gasteiger partial charge in [-0.3, -0.25) is 4.79 Å². The van der Waals surface area contributed by atoms with Gasteiger partial charge in [0.25, 0.3) is 0 Å². The average molecular weight is 263 g/mol. The third-order valence-corrected chi connectivity index (χ3v) is 1.97. The summed E-state index contributed by atoms with van der Waals surface area (Å²) in [4.78, 5) is 19.0. The summed E-state index contributed by atoms with van der Waals surface area (Å²) in [7, 11) is 0. The van der Waals surface area contributed by atoms with Gasteiger partial charge in [-0.1, -0.05) is 0 Å². The second-order valence-electron chi connectivity index (χ2n) is 3.78. The van der Waals surface area contributed by atoms with Crippen LogP contribution in [0.3, 0.4) is 0 Å². The molecular weight excluding hydrogens is 251 g/mol. The standard InChI is InChI=1S/C10H12F3N3O2/c1-6-3-8(15-7(2)14-6)16(4-9(17)18)5-10(11,12)13/h3H,4-5H2,1-2H3,(H,17,18). The maximum atomic E-state index is 12.4. The molecule has 0 saturated heterocycles. The Morgan fingerprint density at radius 3 is 2.44 bits per heavy atom. The first kappa shape index (κ1) is 14.2. The summed E-state index contributed by atoms with van der Waals surface area (Å²) in [6.07, 6.45) is -4.50. The molecule has 0 saturated carbocycles. The Morgan fingerprint density at radius 1 is 1.39 bits per heavy atom. The van der Waals surface area contributed by atoms with Crippen LogP contribution in [0.15, 0.2) is 6.07 Å². The van der Waals surface area contributed by atoms with Crippen molar-refractivity contribution in [2.45, 2.75) is 20.0 Å². The van der Waals surface area contributed by atoms with Crippen LogP contribution in [0, 0.1) is 13.8 Å². The molecule has 0 aliphatic carbocycles. The normalized spacial score (nSPS) is 11.4. The monoisotopic (exact) mass is 263 g/mol. The average Bonchev–Trinajstić information content (AvgIpc) is 2.11. The maximum Gasteiger partial charge on any atom is 0.405 e. The molecule has 0 spiro atoms. The second-order valence-corrected chi connectivity index (χ2v) is 3.78. The van der Waals surface area contributed by atoms with Crippen molar-refractivity contribution in [3.63, 3.8) is 0 Å². The van der Waals surface area contributed by atoms with Gasteiger partial charge in [0.05, 0.1) is 0 Å². The summed E-state index contributed by atoms with van der Waals surface area (Å²) < 4.78 is 37.1. The van der Waals surface area contributed by atoms with E-state index in [1.807, 2.05) is 0 Å². The van der Waals surface area contributed by atoms with E-state index in [0.29, 0.717) is 16.4 Å². The molecule has 1 aromatic heterocycles. The number of aromatic nitrogens is 2. The number of nitrogens with zero attached hydrogens (tertiary/aromatic N) is 3. The zero-order chi connectivity index (χ0) is 13.9. The molecule has 0 bridgehead atoms. The fraction of sp³-hybridized carbons (Fsp3) is 0.500. The molecule has 0 unspecified atom stereocenters. The van der Waals surface area contributed by atoms with Crippen molar-refractivity contribution >= 4 is 11.8 Å². The minimum absolute atomic E-state index is 0.0419. The molecule has 1 heterocycles. The number of aryl methyl sites for hydroxylation is 2. The molecular formula is C10H12F3N3O2. The summed E-state index contributed by atoms with van der Waals surface area (Å²) in [6, 6.07) is 1.32. The van der Waals surface area contributed by atoms with Gasteiger partial charge in [0.15, 0.2) is 0 Å². The Balaban J connectivity index is 3.04. The molecule has 0 aromatic carbocycles. The van der Waals surface area contributed by atoms with Crippen LogP contribution < -0.4 is 4.90 Å². The Labute approximate surface area is 101 Å². The lowest BCUT2D eigenvalue weighted by Crippen LogP contribution is -2.38. The highest BCUT2D eigenvalue weighted by atomic mass is 19.4. The van der Waals surface area contributed by atoms with E-state index in [4.69, 9.17) is 5.11 Å². The fourth-order valence-electron chi connectivity index (χ4n) is 1.46. The first-order valence-electron chi connectivity index (χ1n) is 5.03. The maximum absolute atomic E-state index is 12.4. The van der Waals surface area contributed by atoms with Crippen molar-refractivity contribution in [3.05, 3.63) is 17.6 Å². The van der Waals surface area contributed by atoms with Crippen LogP contribution >= 0.6 is 0 Å². The largest absolute Gasteiger partial charge is 0.480 e. The number of carbonyl (C=O) groups is 1. The number of carboxylic acid groups (broad SMARTS) is 1. The number of alkyl halides is 3. The molecule has 1 N–H and O–H groups in total. The van der Waals surface area contributed by atoms with E-state index in [1.54, 1.807) is 6.92 Å². The van der Waals surface area contributed by atoms with E-state index < -0.39 is 25.2 Å². The lowest BCUT2D eigenvalue weighted by molar-refractivity contribution is -0.136. The highest BCUT2D eigenvalue weighted by Crippen LogP contribution is 2.21. The quantitative estimate of drug-likeness (QED) is 0.892. The smallest absolute Gasteiger partial charge is 0.405 e. The van der Waals surface area contributed by atoms with Crippen molar-refractivity contribution < 1.29 is 23.1 Å². The summed E-state index contributed by atoms with van der Waals surface area (Å²) in [5, 5.41) is 8.63. The van der Waals surface area contributed by atoms with E-state index in [-0.39, 0.29) is 5.82 Å². The molecule has 0 radical (unpaired) electrons. The molecule has 1 aromatic rings. The lowest BCUT2D eigenvalue weighted by Gasteiger charge is -2.23.